The molecule has 2 rings (SSSR count). The number of hydrogen-bond donors (Lipinski definition) is 1. The van der Waals surface area contributed by atoms with Gasteiger partial charge >= 0.3 is 0 Å². The van der Waals surface area contributed by atoms with Crippen molar-refractivity contribution >= 4 is 28.5 Å². The average Bonchev–Trinajstić information content (AvgIpc) is 2.60. The number of anilines is 1. The molecule has 0 saturated carbocycles. The molecule has 0 saturated heterocycles. The fraction of sp³-hybridized carbons (Fsp3) is 0.381. The van der Waals surface area contributed by atoms with Crippen LogP contribution in [0.2, 0.25) is 0 Å². The first-order valence-corrected chi connectivity index (χ1v) is 9.55. The molecular weight excluding hydrogens is 344 g/mol. The Morgan fingerprint density at radius 2 is 1.69 bits per heavy atom. The first-order valence-electron chi connectivity index (χ1n) is 8.73. The van der Waals surface area contributed by atoms with E-state index in [0.717, 1.165) is 16.0 Å². The Hall–Kier alpha value is -2.14. The van der Waals surface area contributed by atoms with E-state index in [1.54, 1.807) is 18.3 Å². The number of pyridine rings is 1. The Labute approximate surface area is 160 Å². The molecule has 4 nitrogen and oxygen atoms in total. The summed E-state index contributed by atoms with van der Waals surface area (Å²) in [6, 6.07) is 7.27. The van der Waals surface area contributed by atoms with Crippen molar-refractivity contribution in [3.63, 3.8) is 0 Å². The van der Waals surface area contributed by atoms with Gasteiger partial charge in [0.25, 0.3) is 5.91 Å². The number of nitrogens with one attached hydrogen (secondary N) is 1. The molecule has 1 heterocycles. The van der Waals surface area contributed by atoms with E-state index in [2.05, 4.69) is 10.3 Å². The van der Waals surface area contributed by atoms with Crippen LogP contribution in [-0.4, -0.2) is 16.0 Å². The molecule has 0 unspecified atom stereocenters. The first-order chi connectivity index (χ1) is 12.2. The summed E-state index contributed by atoms with van der Waals surface area (Å²) in [5.41, 5.74) is 2.82. The molecule has 0 spiro atoms. The molecule has 0 aliphatic rings. The summed E-state index contributed by atoms with van der Waals surface area (Å²) in [6.45, 7) is 13.6. The van der Waals surface area contributed by atoms with Gasteiger partial charge in [-0.3, -0.25) is 14.6 Å². The van der Waals surface area contributed by atoms with E-state index >= 15 is 0 Å². The number of aromatic nitrogens is 1. The van der Waals surface area contributed by atoms with Crippen molar-refractivity contribution in [3.8, 4) is 0 Å². The second-order valence-corrected chi connectivity index (χ2v) is 7.78. The smallest absolute Gasteiger partial charge is 0.257 e. The zero-order valence-corrected chi connectivity index (χ0v) is 17.5. The lowest BCUT2D eigenvalue weighted by atomic mass is 10.00. The molecule has 2 aromatic rings. The van der Waals surface area contributed by atoms with Crippen LogP contribution in [0.1, 0.15) is 56.1 Å². The number of rotatable bonds is 3. The van der Waals surface area contributed by atoms with Crippen molar-refractivity contribution < 1.29 is 9.59 Å². The van der Waals surface area contributed by atoms with Gasteiger partial charge in [0.1, 0.15) is 0 Å². The van der Waals surface area contributed by atoms with Crippen LogP contribution in [0.5, 0.6) is 0 Å². The summed E-state index contributed by atoms with van der Waals surface area (Å²) in [6.07, 6.45) is 3.14. The molecule has 0 atom stereocenters. The average molecular weight is 373 g/mol. The molecule has 140 valence electrons. The Morgan fingerprint density at radius 3 is 2.23 bits per heavy atom. The minimum absolute atomic E-state index is 0.0580. The van der Waals surface area contributed by atoms with Crippen molar-refractivity contribution in [3.05, 3.63) is 53.3 Å². The van der Waals surface area contributed by atoms with Crippen molar-refractivity contribution in [2.75, 3.05) is 5.32 Å². The minimum Gasteiger partial charge on any atom is -0.321 e. The number of carbonyl (C=O) groups is 2. The largest absolute Gasteiger partial charge is 0.321 e. The number of aryl methyl sites for hydroxylation is 2. The van der Waals surface area contributed by atoms with Crippen LogP contribution in [0.25, 0.3) is 0 Å². The third-order valence-corrected chi connectivity index (χ3v) is 4.94. The molecule has 0 aliphatic carbocycles. The van der Waals surface area contributed by atoms with Crippen LogP contribution in [-0.2, 0) is 4.79 Å². The Bertz CT molecular complexity index is 766. The summed E-state index contributed by atoms with van der Waals surface area (Å²) < 4.78 is 0. The lowest BCUT2D eigenvalue weighted by Gasteiger charge is -2.18. The van der Waals surface area contributed by atoms with Crippen LogP contribution in [0.15, 0.2) is 41.6 Å². The number of benzene rings is 1. The molecular formula is C21H28N2O2S. The van der Waals surface area contributed by atoms with Gasteiger partial charge in [-0.2, -0.15) is 0 Å². The van der Waals surface area contributed by atoms with Crippen molar-refractivity contribution in [1.29, 1.82) is 0 Å². The standard InChI is InChI=1S/C19H22N2O2S.C2H6/c1-12-9-15(21-17(22)14-7-6-8-20-11-14)16(10-13(12)2)24-18(23)19(3,4)5;1-2/h6-11H,1-5H3,(H,21,22);1-2H3. The van der Waals surface area contributed by atoms with Crippen molar-refractivity contribution in [2.24, 2.45) is 5.41 Å². The van der Waals surface area contributed by atoms with E-state index < -0.39 is 5.41 Å². The Balaban J connectivity index is 0.00000163. The predicted molar refractivity (Wildman–Crippen MR) is 110 cm³/mol. The number of nitrogens with zero attached hydrogens (tertiary/aromatic N) is 1. The maximum Gasteiger partial charge on any atom is 0.257 e. The zero-order chi connectivity index (χ0) is 19.9. The van der Waals surface area contributed by atoms with Crippen LogP contribution in [0.4, 0.5) is 5.69 Å². The van der Waals surface area contributed by atoms with Gasteiger partial charge in [-0.05, 0) is 61.0 Å². The quantitative estimate of drug-likeness (QED) is 0.708. The number of amides is 1. The van der Waals surface area contributed by atoms with Crippen LogP contribution < -0.4 is 5.32 Å². The fourth-order valence-electron chi connectivity index (χ4n) is 1.92. The second-order valence-electron chi connectivity index (χ2n) is 6.77. The SMILES string of the molecule is CC.Cc1cc(NC(=O)c2cccnc2)c(SC(=O)C(C)(C)C)cc1C. The molecule has 5 heteroatoms. The van der Waals surface area contributed by atoms with Gasteiger partial charge in [0, 0.05) is 22.7 Å². The van der Waals surface area contributed by atoms with Gasteiger partial charge < -0.3 is 5.32 Å². The second kappa shape index (κ2) is 9.53. The lowest BCUT2D eigenvalue weighted by Crippen LogP contribution is -2.17. The normalized spacial score (nSPS) is 10.6. The fourth-order valence-corrected chi connectivity index (χ4v) is 2.88. The highest BCUT2D eigenvalue weighted by Gasteiger charge is 2.24. The molecule has 0 aliphatic heterocycles. The highest BCUT2D eigenvalue weighted by Crippen LogP contribution is 2.35. The van der Waals surface area contributed by atoms with E-state index in [1.165, 1.54) is 18.0 Å². The highest BCUT2D eigenvalue weighted by molar-refractivity contribution is 8.13. The molecule has 1 aromatic carbocycles. The van der Waals surface area contributed by atoms with Gasteiger partial charge in [-0.25, -0.2) is 0 Å². The monoisotopic (exact) mass is 372 g/mol. The lowest BCUT2D eigenvalue weighted by molar-refractivity contribution is -0.117. The van der Waals surface area contributed by atoms with Gasteiger partial charge in [0.15, 0.2) is 5.12 Å². The van der Waals surface area contributed by atoms with Gasteiger partial charge in [0.2, 0.25) is 0 Å². The van der Waals surface area contributed by atoms with Crippen molar-refractivity contribution in [2.45, 2.75) is 53.4 Å². The molecule has 0 fully saturated rings. The van der Waals surface area contributed by atoms with Gasteiger partial charge in [0.05, 0.1) is 11.3 Å². The highest BCUT2D eigenvalue weighted by atomic mass is 32.2. The van der Waals surface area contributed by atoms with Crippen LogP contribution in [0.3, 0.4) is 0 Å². The minimum atomic E-state index is -0.450. The molecule has 1 amide bonds. The number of hydrogen-bond acceptors (Lipinski definition) is 4. The molecule has 1 N–H and O–H groups in total. The summed E-state index contributed by atoms with van der Waals surface area (Å²) in [4.78, 5) is 29.5. The van der Waals surface area contributed by atoms with E-state index in [0.29, 0.717) is 11.3 Å². The summed E-state index contributed by atoms with van der Waals surface area (Å²) in [7, 11) is 0. The number of thioether (sulfide) groups is 1. The topological polar surface area (TPSA) is 59.1 Å². The molecule has 0 radical (unpaired) electrons. The third kappa shape index (κ3) is 5.99. The Kier molecular flexibility index (Phi) is 8.03. The molecule has 0 bridgehead atoms. The van der Waals surface area contributed by atoms with Gasteiger partial charge in [-0.15, -0.1) is 0 Å². The summed E-state index contributed by atoms with van der Waals surface area (Å²) >= 11 is 1.17. The van der Waals surface area contributed by atoms with Crippen molar-refractivity contribution in [1.82, 2.24) is 4.98 Å². The van der Waals surface area contributed by atoms with E-state index in [4.69, 9.17) is 0 Å². The Morgan fingerprint density at radius 1 is 1.08 bits per heavy atom. The van der Waals surface area contributed by atoms with E-state index in [1.807, 2.05) is 60.6 Å². The number of carbonyl (C=O) groups excluding carboxylic acids is 2. The third-order valence-electron chi connectivity index (χ3n) is 3.58. The zero-order valence-electron chi connectivity index (χ0n) is 16.6. The molecule has 26 heavy (non-hydrogen) atoms. The van der Waals surface area contributed by atoms with Crippen LogP contribution in [0, 0.1) is 19.3 Å². The van der Waals surface area contributed by atoms with Gasteiger partial charge in [-0.1, -0.05) is 34.6 Å². The maximum absolute atomic E-state index is 12.4. The summed E-state index contributed by atoms with van der Waals surface area (Å²) in [5.74, 6) is -0.239. The van der Waals surface area contributed by atoms with E-state index in [-0.39, 0.29) is 11.0 Å². The van der Waals surface area contributed by atoms with E-state index in [9.17, 15) is 9.59 Å². The maximum atomic E-state index is 12.4. The van der Waals surface area contributed by atoms with Crippen LogP contribution >= 0.6 is 11.8 Å². The summed E-state index contributed by atoms with van der Waals surface area (Å²) in [5, 5.41) is 2.96. The predicted octanol–water partition coefficient (Wildman–Crippen LogP) is 5.64. The molecule has 1 aromatic heterocycles. The first kappa shape index (κ1) is 21.9.